The number of anilines is 2. The lowest BCUT2D eigenvalue weighted by molar-refractivity contribution is 0.0499. The van der Waals surface area contributed by atoms with E-state index in [1.807, 2.05) is 23.1 Å². The van der Waals surface area contributed by atoms with Crippen LogP contribution in [0.25, 0.3) is 0 Å². The van der Waals surface area contributed by atoms with Crippen LogP contribution in [-0.4, -0.2) is 63.6 Å². The van der Waals surface area contributed by atoms with Crippen molar-refractivity contribution in [2.75, 3.05) is 57.2 Å². The topological polar surface area (TPSA) is 77.3 Å². The van der Waals surface area contributed by atoms with Gasteiger partial charge in [0.1, 0.15) is 12.4 Å². The minimum absolute atomic E-state index is 0.165. The van der Waals surface area contributed by atoms with Gasteiger partial charge in [0, 0.05) is 38.9 Å². The molecular weight excluding hydrogens is 322 g/mol. The van der Waals surface area contributed by atoms with Crippen molar-refractivity contribution in [2.24, 2.45) is 0 Å². The van der Waals surface area contributed by atoms with E-state index in [0.717, 1.165) is 50.3 Å². The van der Waals surface area contributed by atoms with Crippen LogP contribution in [0.3, 0.4) is 0 Å². The molecule has 0 saturated carbocycles. The Bertz CT molecular complexity index is 588. The van der Waals surface area contributed by atoms with Crippen molar-refractivity contribution >= 4 is 17.5 Å². The first-order chi connectivity index (χ1) is 12.2. The third-order valence-corrected chi connectivity index (χ3v) is 4.80. The number of nitrogens with two attached hydrogens (primary N) is 1. The number of hydrogen-bond acceptors (Lipinski definition) is 6. The predicted octanol–water partition coefficient (Wildman–Crippen LogP) is 2.11. The quantitative estimate of drug-likeness (QED) is 0.626. The van der Waals surface area contributed by atoms with E-state index in [2.05, 4.69) is 4.90 Å². The molecule has 2 aliphatic heterocycles. The maximum atomic E-state index is 11.9. The zero-order valence-electron chi connectivity index (χ0n) is 14.8. The van der Waals surface area contributed by atoms with E-state index >= 15 is 0 Å². The van der Waals surface area contributed by atoms with Gasteiger partial charge >= 0.3 is 6.09 Å². The van der Waals surface area contributed by atoms with Crippen LogP contribution in [0.4, 0.5) is 16.2 Å². The molecule has 2 fully saturated rings. The molecule has 1 aromatic carbocycles. The van der Waals surface area contributed by atoms with Gasteiger partial charge in [-0.05, 0) is 31.4 Å². The number of cyclic esters (lactones) is 1. The number of amides is 1. The molecule has 2 aliphatic rings. The van der Waals surface area contributed by atoms with E-state index in [0.29, 0.717) is 25.5 Å². The maximum Gasteiger partial charge on any atom is 0.410 e. The molecule has 2 N–H and O–H groups in total. The van der Waals surface area contributed by atoms with E-state index in [4.69, 9.17) is 19.9 Å². The molecule has 1 aromatic rings. The van der Waals surface area contributed by atoms with Gasteiger partial charge in [-0.25, -0.2) is 4.79 Å². The Morgan fingerprint density at radius 3 is 2.72 bits per heavy atom. The number of rotatable bonds is 6. The van der Waals surface area contributed by atoms with Crippen LogP contribution in [-0.2, 0) is 9.47 Å². The highest BCUT2D eigenvalue weighted by Gasteiger charge is 2.31. The summed E-state index contributed by atoms with van der Waals surface area (Å²) < 4.78 is 15.7. The van der Waals surface area contributed by atoms with Crippen molar-refractivity contribution in [3.8, 4) is 5.75 Å². The van der Waals surface area contributed by atoms with Gasteiger partial charge in [-0.2, -0.15) is 0 Å². The molecule has 0 spiro atoms. The fraction of sp³-hybridized carbons (Fsp3) is 0.611. The second-order valence-corrected chi connectivity index (χ2v) is 6.44. The Morgan fingerprint density at radius 1 is 1.24 bits per heavy atom. The number of piperidine rings is 1. The summed E-state index contributed by atoms with van der Waals surface area (Å²) in [7, 11) is 1.65. The number of ether oxygens (including phenoxy) is 3. The predicted molar refractivity (Wildman–Crippen MR) is 96.1 cm³/mol. The smallest absolute Gasteiger partial charge is 0.410 e. The monoisotopic (exact) mass is 349 g/mol. The summed E-state index contributed by atoms with van der Waals surface area (Å²) in [5.74, 6) is 0.754. The third kappa shape index (κ3) is 4.28. The van der Waals surface area contributed by atoms with Gasteiger partial charge in [-0.3, -0.25) is 0 Å². The number of carbonyl (C=O) groups excluding carboxylic acids is 1. The lowest BCUT2D eigenvalue weighted by atomic mass is 10.0. The molecule has 0 atom stereocenters. The summed E-state index contributed by atoms with van der Waals surface area (Å²) in [5, 5.41) is 0. The lowest BCUT2D eigenvalue weighted by Gasteiger charge is -2.40. The van der Waals surface area contributed by atoms with E-state index in [1.165, 1.54) is 0 Å². The largest absolute Gasteiger partial charge is 0.491 e. The van der Waals surface area contributed by atoms with E-state index in [-0.39, 0.29) is 12.1 Å². The Morgan fingerprint density at radius 2 is 2.04 bits per heavy atom. The molecule has 2 heterocycles. The van der Waals surface area contributed by atoms with Crippen LogP contribution >= 0.6 is 0 Å². The van der Waals surface area contributed by atoms with Crippen LogP contribution in [0.5, 0.6) is 5.75 Å². The standard InChI is InChI=1S/C18H27N3O4/c1-23-11-12-24-15-3-4-17(16(19)13-15)20-8-5-14(6-9-20)21-7-2-10-25-18(21)22/h3-4,13-14H,2,5-12,19H2,1H3. The normalized spacial score (nSPS) is 19.0. The molecule has 0 aliphatic carbocycles. The molecule has 0 aromatic heterocycles. The highest BCUT2D eigenvalue weighted by molar-refractivity contribution is 5.70. The molecule has 0 radical (unpaired) electrons. The summed E-state index contributed by atoms with van der Waals surface area (Å²) in [6.45, 7) is 4.16. The Kier molecular flexibility index (Phi) is 5.86. The van der Waals surface area contributed by atoms with Crippen LogP contribution in [0.2, 0.25) is 0 Å². The molecule has 7 heteroatoms. The average Bonchev–Trinajstić information content (AvgIpc) is 2.63. The van der Waals surface area contributed by atoms with Gasteiger partial charge in [0.25, 0.3) is 0 Å². The first-order valence-electron chi connectivity index (χ1n) is 8.88. The number of nitrogen functional groups attached to an aromatic ring is 1. The summed E-state index contributed by atoms with van der Waals surface area (Å²) >= 11 is 0. The van der Waals surface area contributed by atoms with Gasteiger partial charge in [0.05, 0.1) is 24.6 Å². The molecule has 2 saturated heterocycles. The van der Waals surface area contributed by atoms with Gasteiger partial charge in [0.2, 0.25) is 0 Å². The fourth-order valence-electron chi connectivity index (χ4n) is 3.47. The zero-order valence-corrected chi connectivity index (χ0v) is 14.8. The number of carbonyl (C=O) groups is 1. The highest BCUT2D eigenvalue weighted by atomic mass is 16.6. The van der Waals surface area contributed by atoms with Gasteiger partial charge in [-0.1, -0.05) is 0 Å². The second kappa shape index (κ2) is 8.29. The Hall–Kier alpha value is -2.15. The summed E-state index contributed by atoms with van der Waals surface area (Å²) in [4.78, 5) is 16.1. The second-order valence-electron chi connectivity index (χ2n) is 6.44. The first kappa shape index (κ1) is 17.7. The number of methoxy groups -OCH3 is 1. The number of benzene rings is 1. The van der Waals surface area contributed by atoms with Gasteiger partial charge < -0.3 is 29.7 Å². The van der Waals surface area contributed by atoms with Crippen LogP contribution in [0.1, 0.15) is 19.3 Å². The molecule has 3 rings (SSSR count). The van der Waals surface area contributed by atoms with Crippen molar-refractivity contribution < 1.29 is 19.0 Å². The van der Waals surface area contributed by atoms with Crippen molar-refractivity contribution in [2.45, 2.75) is 25.3 Å². The Labute approximate surface area is 148 Å². The molecule has 0 unspecified atom stereocenters. The van der Waals surface area contributed by atoms with Crippen LogP contribution in [0, 0.1) is 0 Å². The summed E-state index contributed by atoms with van der Waals surface area (Å²) in [6, 6.07) is 6.07. The van der Waals surface area contributed by atoms with Crippen LogP contribution < -0.4 is 15.4 Å². The Balaban J connectivity index is 1.56. The van der Waals surface area contributed by atoms with Crippen molar-refractivity contribution in [1.29, 1.82) is 0 Å². The number of hydrogen-bond donors (Lipinski definition) is 1. The third-order valence-electron chi connectivity index (χ3n) is 4.80. The molecule has 7 nitrogen and oxygen atoms in total. The van der Waals surface area contributed by atoms with Gasteiger partial charge in [0.15, 0.2) is 0 Å². The maximum absolute atomic E-state index is 11.9. The number of nitrogens with zero attached hydrogens (tertiary/aromatic N) is 2. The molecule has 0 bridgehead atoms. The van der Waals surface area contributed by atoms with Crippen molar-refractivity contribution in [1.82, 2.24) is 4.90 Å². The molecule has 25 heavy (non-hydrogen) atoms. The van der Waals surface area contributed by atoms with Crippen molar-refractivity contribution in [3.05, 3.63) is 18.2 Å². The molecular formula is C18H27N3O4. The van der Waals surface area contributed by atoms with E-state index < -0.39 is 0 Å². The average molecular weight is 349 g/mol. The fourth-order valence-corrected chi connectivity index (χ4v) is 3.47. The summed E-state index contributed by atoms with van der Waals surface area (Å²) in [5.41, 5.74) is 7.96. The SMILES string of the molecule is COCCOc1ccc(N2CCC(N3CCCOC3=O)CC2)c(N)c1. The van der Waals surface area contributed by atoms with E-state index in [9.17, 15) is 4.79 Å². The first-order valence-corrected chi connectivity index (χ1v) is 8.88. The highest BCUT2D eigenvalue weighted by Crippen LogP contribution is 2.31. The molecule has 138 valence electrons. The van der Waals surface area contributed by atoms with E-state index in [1.54, 1.807) is 7.11 Å². The lowest BCUT2D eigenvalue weighted by Crippen LogP contribution is -2.50. The van der Waals surface area contributed by atoms with Crippen molar-refractivity contribution in [3.63, 3.8) is 0 Å². The molecule has 1 amide bonds. The summed E-state index contributed by atoms with van der Waals surface area (Å²) in [6.07, 6.45) is 2.62. The van der Waals surface area contributed by atoms with Gasteiger partial charge in [-0.15, -0.1) is 0 Å². The minimum Gasteiger partial charge on any atom is -0.491 e. The zero-order chi connectivity index (χ0) is 17.6. The minimum atomic E-state index is -0.165. The van der Waals surface area contributed by atoms with Crippen LogP contribution in [0.15, 0.2) is 18.2 Å².